The molecule has 0 aliphatic rings. The number of ether oxygens (including phenoxy) is 1. The lowest BCUT2D eigenvalue weighted by atomic mass is 10.2. The molecule has 2 rings (SSSR count). The van der Waals surface area contributed by atoms with Crippen LogP contribution in [0.4, 0.5) is 13.2 Å². The van der Waals surface area contributed by atoms with Gasteiger partial charge >= 0.3 is 6.36 Å². The molecule has 2 aromatic rings. The minimum Gasteiger partial charge on any atom is -0.405 e. The lowest BCUT2D eigenvalue weighted by Crippen LogP contribution is -2.24. The number of rotatable bonds is 5. The Bertz CT molecular complexity index is 838. The summed E-state index contributed by atoms with van der Waals surface area (Å²) in [5, 5.41) is 0.277. The number of sulfonamides is 1. The fourth-order valence-corrected chi connectivity index (χ4v) is 3.15. The second kappa shape index (κ2) is 7.00. The van der Waals surface area contributed by atoms with Crippen LogP contribution in [0.1, 0.15) is 11.1 Å². The summed E-state index contributed by atoms with van der Waals surface area (Å²) in [5.74, 6) is -0.463. The monoisotopic (exact) mass is 379 g/mol. The van der Waals surface area contributed by atoms with Gasteiger partial charge in [-0.05, 0) is 30.7 Å². The van der Waals surface area contributed by atoms with Crippen molar-refractivity contribution in [3.8, 4) is 5.75 Å². The highest BCUT2D eigenvalue weighted by molar-refractivity contribution is 7.89. The van der Waals surface area contributed by atoms with Crippen molar-refractivity contribution in [2.24, 2.45) is 0 Å². The molecule has 0 aromatic heterocycles. The van der Waals surface area contributed by atoms with E-state index in [4.69, 9.17) is 11.6 Å². The zero-order chi connectivity index (χ0) is 18.0. The summed E-state index contributed by atoms with van der Waals surface area (Å²) in [6.07, 6.45) is -4.86. The number of alkyl halides is 3. The van der Waals surface area contributed by atoms with E-state index in [1.165, 1.54) is 36.4 Å². The fourth-order valence-electron chi connectivity index (χ4n) is 1.87. The summed E-state index contributed by atoms with van der Waals surface area (Å²) in [4.78, 5) is -0.0766. The van der Waals surface area contributed by atoms with Crippen LogP contribution in [0.5, 0.6) is 5.75 Å². The van der Waals surface area contributed by atoms with Crippen LogP contribution in [0.15, 0.2) is 47.4 Å². The van der Waals surface area contributed by atoms with Crippen molar-refractivity contribution < 1.29 is 26.3 Å². The molecule has 0 fully saturated rings. The van der Waals surface area contributed by atoms with Crippen molar-refractivity contribution in [3.63, 3.8) is 0 Å². The second-order valence-electron chi connectivity index (χ2n) is 4.89. The van der Waals surface area contributed by atoms with Gasteiger partial charge in [-0.25, -0.2) is 13.1 Å². The molecule has 0 atom stereocenters. The van der Waals surface area contributed by atoms with E-state index in [1.807, 2.05) is 0 Å². The third-order valence-corrected chi connectivity index (χ3v) is 4.91. The van der Waals surface area contributed by atoms with Gasteiger partial charge in [-0.2, -0.15) is 0 Å². The third-order valence-electron chi connectivity index (χ3n) is 3.10. The van der Waals surface area contributed by atoms with Crippen molar-refractivity contribution in [1.82, 2.24) is 4.72 Å². The van der Waals surface area contributed by atoms with Crippen LogP contribution in [-0.2, 0) is 16.6 Å². The molecule has 130 valence electrons. The van der Waals surface area contributed by atoms with Crippen LogP contribution in [0, 0.1) is 6.92 Å². The Morgan fingerprint density at radius 3 is 2.46 bits per heavy atom. The van der Waals surface area contributed by atoms with Crippen LogP contribution >= 0.6 is 11.6 Å². The molecule has 2 aromatic carbocycles. The molecule has 0 radical (unpaired) electrons. The number of benzene rings is 2. The normalized spacial score (nSPS) is 12.2. The standard InChI is InChI=1S/C15H13ClF3NO3S/c1-10-6-7-12(8-13(10)16)24(21,22)20-9-11-4-2-3-5-14(11)23-15(17,18)19/h2-8,20H,9H2,1H3. The highest BCUT2D eigenvalue weighted by Gasteiger charge is 2.32. The zero-order valence-electron chi connectivity index (χ0n) is 12.4. The number of nitrogens with one attached hydrogen (secondary N) is 1. The molecule has 1 N–H and O–H groups in total. The molecular weight excluding hydrogens is 367 g/mol. The van der Waals surface area contributed by atoms with Crippen molar-refractivity contribution in [2.45, 2.75) is 24.7 Å². The molecule has 0 saturated heterocycles. The molecule has 0 amide bonds. The molecule has 0 aliphatic heterocycles. The maximum absolute atomic E-state index is 12.4. The van der Waals surface area contributed by atoms with Crippen molar-refractivity contribution in [3.05, 3.63) is 58.6 Å². The predicted octanol–water partition coefficient (Wildman–Crippen LogP) is 4.03. The van der Waals surface area contributed by atoms with E-state index in [9.17, 15) is 21.6 Å². The van der Waals surface area contributed by atoms with E-state index in [1.54, 1.807) is 6.92 Å². The van der Waals surface area contributed by atoms with Crippen molar-refractivity contribution in [2.75, 3.05) is 0 Å². The van der Waals surface area contributed by atoms with Crippen molar-refractivity contribution >= 4 is 21.6 Å². The van der Waals surface area contributed by atoms with E-state index in [0.29, 0.717) is 5.56 Å². The summed E-state index contributed by atoms with van der Waals surface area (Å²) in [6.45, 7) is 1.36. The summed E-state index contributed by atoms with van der Waals surface area (Å²) in [6, 6.07) is 9.47. The summed E-state index contributed by atoms with van der Waals surface area (Å²) in [5.41, 5.74) is 0.760. The highest BCUT2D eigenvalue weighted by Crippen LogP contribution is 2.26. The quantitative estimate of drug-likeness (QED) is 0.853. The average molecular weight is 380 g/mol. The van der Waals surface area contributed by atoms with E-state index in [0.717, 1.165) is 6.07 Å². The minimum absolute atomic E-state index is 0.0524. The Morgan fingerprint density at radius 2 is 1.83 bits per heavy atom. The van der Waals surface area contributed by atoms with Gasteiger partial charge in [0.15, 0.2) is 0 Å². The van der Waals surface area contributed by atoms with Crippen LogP contribution in [-0.4, -0.2) is 14.8 Å². The molecule has 4 nitrogen and oxygen atoms in total. The summed E-state index contributed by atoms with van der Waals surface area (Å²) >= 11 is 5.90. The topological polar surface area (TPSA) is 55.4 Å². The van der Waals surface area contributed by atoms with Gasteiger partial charge in [-0.1, -0.05) is 35.9 Å². The van der Waals surface area contributed by atoms with E-state index in [2.05, 4.69) is 9.46 Å². The smallest absolute Gasteiger partial charge is 0.405 e. The summed E-state index contributed by atoms with van der Waals surface area (Å²) in [7, 11) is -3.93. The van der Waals surface area contributed by atoms with Crippen LogP contribution in [0.25, 0.3) is 0 Å². The molecule has 0 bridgehead atoms. The van der Waals surface area contributed by atoms with Gasteiger partial charge in [0.2, 0.25) is 10.0 Å². The van der Waals surface area contributed by atoms with E-state index in [-0.39, 0.29) is 22.0 Å². The SMILES string of the molecule is Cc1ccc(S(=O)(=O)NCc2ccccc2OC(F)(F)F)cc1Cl. The van der Waals surface area contributed by atoms with Gasteiger partial charge < -0.3 is 4.74 Å². The van der Waals surface area contributed by atoms with E-state index < -0.39 is 22.1 Å². The maximum atomic E-state index is 12.4. The molecular formula is C15H13ClF3NO3S. The van der Waals surface area contributed by atoms with E-state index >= 15 is 0 Å². The minimum atomic E-state index is -4.86. The number of halogens is 4. The lowest BCUT2D eigenvalue weighted by molar-refractivity contribution is -0.274. The number of hydrogen-bond acceptors (Lipinski definition) is 3. The first-order valence-corrected chi connectivity index (χ1v) is 8.54. The van der Waals surface area contributed by atoms with Gasteiger partial charge in [-0.15, -0.1) is 13.2 Å². The Morgan fingerprint density at radius 1 is 1.17 bits per heavy atom. The Kier molecular flexibility index (Phi) is 5.42. The number of para-hydroxylation sites is 1. The van der Waals surface area contributed by atoms with Crippen LogP contribution in [0.2, 0.25) is 5.02 Å². The molecule has 0 aliphatic carbocycles. The summed E-state index contributed by atoms with van der Waals surface area (Å²) < 4.78 is 67.7. The van der Waals surface area contributed by atoms with Crippen LogP contribution < -0.4 is 9.46 Å². The highest BCUT2D eigenvalue weighted by atomic mass is 35.5. The Balaban J connectivity index is 2.19. The molecule has 24 heavy (non-hydrogen) atoms. The van der Waals surface area contributed by atoms with Crippen LogP contribution in [0.3, 0.4) is 0 Å². The largest absolute Gasteiger partial charge is 0.573 e. The lowest BCUT2D eigenvalue weighted by Gasteiger charge is -2.14. The number of hydrogen-bond donors (Lipinski definition) is 1. The molecule has 0 spiro atoms. The fraction of sp³-hybridized carbons (Fsp3) is 0.200. The first kappa shape index (κ1) is 18.6. The van der Waals surface area contributed by atoms with Gasteiger partial charge in [-0.3, -0.25) is 0 Å². The van der Waals surface area contributed by atoms with Gasteiger partial charge in [0.05, 0.1) is 4.90 Å². The molecule has 0 unspecified atom stereocenters. The molecule has 9 heteroatoms. The first-order valence-electron chi connectivity index (χ1n) is 6.68. The molecule has 0 saturated carbocycles. The Labute approximate surface area is 142 Å². The maximum Gasteiger partial charge on any atom is 0.573 e. The molecule has 0 heterocycles. The van der Waals surface area contributed by atoms with Crippen molar-refractivity contribution in [1.29, 1.82) is 0 Å². The van der Waals surface area contributed by atoms with Gasteiger partial charge in [0, 0.05) is 17.1 Å². The van der Waals surface area contributed by atoms with Gasteiger partial charge in [0.25, 0.3) is 0 Å². The average Bonchev–Trinajstić information content (AvgIpc) is 2.47. The second-order valence-corrected chi connectivity index (χ2v) is 7.07. The third kappa shape index (κ3) is 4.86. The number of aryl methyl sites for hydroxylation is 1. The first-order chi connectivity index (χ1) is 11.1. The Hall–Kier alpha value is -1.77. The van der Waals surface area contributed by atoms with Gasteiger partial charge in [0.1, 0.15) is 5.75 Å². The predicted molar refractivity (Wildman–Crippen MR) is 83.3 cm³/mol. The zero-order valence-corrected chi connectivity index (χ0v) is 14.0.